The zero-order valence-electron chi connectivity index (χ0n) is 18.8. The van der Waals surface area contributed by atoms with Crippen LogP contribution in [0.15, 0.2) is 48.5 Å². The number of benzene rings is 2. The molecule has 2 aromatic rings. The van der Waals surface area contributed by atoms with E-state index in [0.717, 1.165) is 0 Å². The summed E-state index contributed by atoms with van der Waals surface area (Å²) in [4.78, 5) is 35.1. The lowest BCUT2D eigenvalue weighted by Gasteiger charge is -2.17. The maximum atomic E-state index is 12.3. The van der Waals surface area contributed by atoms with E-state index in [1.165, 1.54) is 22.3 Å². The second-order valence-corrected chi connectivity index (χ2v) is 9.01. The van der Waals surface area contributed by atoms with Gasteiger partial charge in [-0.1, -0.05) is 48.5 Å². The average molecular weight is 451 g/mol. The monoisotopic (exact) mass is 450 g/mol. The minimum atomic E-state index is -0.789. The molecule has 0 bridgehead atoms. The lowest BCUT2D eigenvalue weighted by molar-refractivity contribution is -0.139. The molecule has 0 spiro atoms. The van der Waals surface area contributed by atoms with E-state index in [1.54, 1.807) is 0 Å². The first-order chi connectivity index (χ1) is 15.9. The Labute approximate surface area is 193 Å². The number of carboxylic acid groups (broad SMARTS) is 1. The van der Waals surface area contributed by atoms with Crippen LogP contribution in [0.3, 0.4) is 0 Å². The number of carboxylic acids is 1. The molecule has 0 radical (unpaired) electrons. The molecule has 0 saturated heterocycles. The molecule has 3 N–H and O–H groups in total. The van der Waals surface area contributed by atoms with E-state index in [4.69, 9.17) is 9.84 Å². The molecule has 0 aliphatic heterocycles. The first kappa shape index (κ1) is 22.8. The number of alkyl carbamates (subject to hydrolysis) is 1. The molecule has 2 aromatic carbocycles. The summed E-state index contributed by atoms with van der Waals surface area (Å²) in [7, 11) is 0. The summed E-state index contributed by atoms with van der Waals surface area (Å²) in [6.45, 7) is 2.58. The molecule has 1 fully saturated rings. The summed E-state index contributed by atoms with van der Waals surface area (Å²) >= 11 is 0. The molecule has 7 nitrogen and oxygen atoms in total. The number of aliphatic carboxylic acids is 1. The number of amides is 2. The standard InChI is InChI=1S/C26H30N2O5/c1-16(7-6-12-24(29)27-14-17-13-22(17)25(30)31)28-26(32)33-15-23-20-10-4-2-8-18(20)19-9-3-5-11-21(19)23/h2-5,8-11,16-17,22-23H,6-7,12-15H2,1H3,(H,27,29)(H,28,32)(H,30,31). The number of carbonyl (C=O) groups excluding carboxylic acids is 2. The third kappa shape index (κ3) is 5.53. The highest BCUT2D eigenvalue weighted by Crippen LogP contribution is 2.44. The van der Waals surface area contributed by atoms with E-state index in [0.29, 0.717) is 32.2 Å². The molecule has 2 aliphatic rings. The Morgan fingerprint density at radius 2 is 1.70 bits per heavy atom. The fourth-order valence-electron chi connectivity index (χ4n) is 4.59. The molecule has 0 heterocycles. The van der Waals surface area contributed by atoms with E-state index in [2.05, 4.69) is 34.9 Å². The van der Waals surface area contributed by atoms with Gasteiger partial charge in [-0.3, -0.25) is 9.59 Å². The molecule has 174 valence electrons. The number of ether oxygens (including phenoxy) is 1. The first-order valence-electron chi connectivity index (χ1n) is 11.5. The minimum Gasteiger partial charge on any atom is -0.481 e. The summed E-state index contributed by atoms with van der Waals surface area (Å²) in [5.74, 6) is -1.11. The molecule has 3 unspecified atom stereocenters. The number of fused-ring (bicyclic) bond motifs is 3. The van der Waals surface area contributed by atoms with Crippen LogP contribution in [0.2, 0.25) is 0 Å². The lowest BCUT2D eigenvalue weighted by Crippen LogP contribution is -2.34. The van der Waals surface area contributed by atoms with Crippen molar-refractivity contribution < 1.29 is 24.2 Å². The number of rotatable bonds is 10. The molecular formula is C26H30N2O5. The zero-order valence-corrected chi connectivity index (χ0v) is 18.8. The fraction of sp³-hybridized carbons (Fsp3) is 0.423. The Hall–Kier alpha value is -3.35. The van der Waals surface area contributed by atoms with Crippen LogP contribution < -0.4 is 10.6 Å². The summed E-state index contributed by atoms with van der Waals surface area (Å²) in [5, 5.41) is 14.5. The number of nitrogens with one attached hydrogen (secondary N) is 2. The smallest absolute Gasteiger partial charge is 0.407 e. The quantitative estimate of drug-likeness (QED) is 0.509. The Morgan fingerprint density at radius 1 is 1.06 bits per heavy atom. The van der Waals surface area contributed by atoms with Crippen LogP contribution in [-0.4, -0.2) is 42.3 Å². The van der Waals surface area contributed by atoms with Crippen molar-refractivity contribution in [3.05, 3.63) is 59.7 Å². The maximum Gasteiger partial charge on any atom is 0.407 e. The van der Waals surface area contributed by atoms with Crippen molar-refractivity contribution in [2.45, 2.75) is 44.6 Å². The van der Waals surface area contributed by atoms with Gasteiger partial charge in [0.15, 0.2) is 0 Å². The van der Waals surface area contributed by atoms with E-state index in [-0.39, 0.29) is 36.3 Å². The third-order valence-corrected chi connectivity index (χ3v) is 6.55. The van der Waals surface area contributed by atoms with Gasteiger partial charge in [0, 0.05) is 24.9 Å². The van der Waals surface area contributed by atoms with Gasteiger partial charge in [0.2, 0.25) is 5.91 Å². The number of hydrogen-bond acceptors (Lipinski definition) is 4. The summed E-state index contributed by atoms with van der Waals surface area (Å²) in [6.07, 6.45) is 1.81. The Kier molecular flexibility index (Phi) is 6.96. The molecule has 3 atom stereocenters. The lowest BCUT2D eigenvalue weighted by atomic mass is 9.98. The van der Waals surface area contributed by atoms with Crippen molar-refractivity contribution in [2.75, 3.05) is 13.2 Å². The van der Waals surface area contributed by atoms with Crippen LogP contribution >= 0.6 is 0 Å². The second-order valence-electron chi connectivity index (χ2n) is 9.01. The van der Waals surface area contributed by atoms with Crippen molar-refractivity contribution in [3.63, 3.8) is 0 Å². The summed E-state index contributed by atoms with van der Waals surface area (Å²) < 4.78 is 5.56. The van der Waals surface area contributed by atoms with Crippen molar-refractivity contribution in [1.29, 1.82) is 0 Å². The maximum absolute atomic E-state index is 12.3. The van der Waals surface area contributed by atoms with Gasteiger partial charge in [0.25, 0.3) is 0 Å². The van der Waals surface area contributed by atoms with Crippen molar-refractivity contribution in [3.8, 4) is 11.1 Å². The van der Waals surface area contributed by atoms with E-state index >= 15 is 0 Å². The highest BCUT2D eigenvalue weighted by molar-refractivity contribution is 5.79. The van der Waals surface area contributed by atoms with Crippen molar-refractivity contribution >= 4 is 18.0 Å². The highest BCUT2D eigenvalue weighted by atomic mass is 16.5. The highest BCUT2D eigenvalue weighted by Gasteiger charge is 2.42. The molecular weight excluding hydrogens is 420 g/mol. The van der Waals surface area contributed by atoms with Gasteiger partial charge in [-0.2, -0.15) is 0 Å². The van der Waals surface area contributed by atoms with Crippen LogP contribution in [-0.2, 0) is 14.3 Å². The van der Waals surface area contributed by atoms with Crippen LogP contribution in [0.1, 0.15) is 49.7 Å². The van der Waals surface area contributed by atoms with Crippen molar-refractivity contribution in [2.24, 2.45) is 11.8 Å². The van der Waals surface area contributed by atoms with E-state index in [9.17, 15) is 14.4 Å². The second kappa shape index (κ2) is 10.1. The SMILES string of the molecule is CC(CCCC(=O)NCC1CC1C(=O)O)NC(=O)OCC1c2ccccc2-c2ccccc21. The molecule has 1 saturated carbocycles. The fourth-order valence-corrected chi connectivity index (χ4v) is 4.59. The molecule has 2 aliphatic carbocycles. The zero-order chi connectivity index (χ0) is 23.4. The summed E-state index contributed by atoms with van der Waals surface area (Å²) in [5.41, 5.74) is 4.72. The van der Waals surface area contributed by atoms with Crippen LogP contribution in [0, 0.1) is 11.8 Å². The van der Waals surface area contributed by atoms with Gasteiger partial charge >= 0.3 is 12.1 Å². The van der Waals surface area contributed by atoms with Crippen LogP contribution in [0.4, 0.5) is 4.79 Å². The van der Waals surface area contributed by atoms with Gasteiger partial charge in [0.1, 0.15) is 6.61 Å². The van der Waals surface area contributed by atoms with Gasteiger partial charge in [-0.25, -0.2) is 4.79 Å². The molecule has 0 aromatic heterocycles. The Balaban J connectivity index is 1.16. The first-order valence-corrected chi connectivity index (χ1v) is 11.5. The van der Waals surface area contributed by atoms with E-state index < -0.39 is 12.1 Å². The largest absolute Gasteiger partial charge is 0.481 e. The molecule has 2 amide bonds. The molecule has 33 heavy (non-hydrogen) atoms. The van der Waals surface area contributed by atoms with Crippen LogP contribution in [0.5, 0.6) is 0 Å². The van der Waals surface area contributed by atoms with E-state index in [1.807, 2.05) is 31.2 Å². The predicted molar refractivity (Wildman–Crippen MR) is 124 cm³/mol. The molecule has 7 heteroatoms. The van der Waals surface area contributed by atoms with Gasteiger partial charge in [-0.15, -0.1) is 0 Å². The normalized spacial score (nSPS) is 19.2. The topological polar surface area (TPSA) is 105 Å². The number of hydrogen-bond donors (Lipinski definition) is 3. The number of carbonyl (C=O) groups is 3. The van der Waals surface area contributed by atoms with Crippen molar-refractivity contribution in [1.82, 2.24) is 10.6 Å². The van der Waals surface area contributed by atoms with Gasteiger partial charge < -0.3 is 20.5 Å². The Bertz CT molecular complexity index is 991. The van der Waals surface area contributed by atoms with Gasteiger partial charge in [0.05, 0.1) is 5.92 Å². The summed E-state index contributed by atoms with van der Waals surface area (Å²) in [6, 6.07) is 16.3. The minimum absolute atomic E-state index is 0.0225. The third-order valence-electron chi connectivity index (χ3n) is 6.55. The average Bonchev–Trinajstić information content (AvgIpc) is 3.52. The Morgan fingerprint density at radius 3 is 2.30 bits per heavy atom. The van der Waals surface area contributed by atoms with Crippen LogP contribution in [0.25, 0.3) is 11.1 Å². The molecule has 4 rings (SSSR count). The predicted octanol–water partition coefficient (Wildman–Crippen LogP) is 3.92. The van der Waals surface area contributed by atoms with Gasteiger partial charge in [-0.05, 0) is 54.4 Å².